The molecule has 0 N–H and O–H groups in total. The first kappa shape index (κ1) is 24.5. The van der Waals surface area contributed by atoms with Crippen LogP contribution in [-0.4, -0.2) is 8.07 Å². The van der Waals surface area contributed by atoms with Gasteiger partial charge in [-0.05, 0) is 0 Å². The van der Waals surface area contributed by atoms with Crippen molar-refractivity contribution in [1.82, 2.24) is 0 Å². The minimum absolute atomic E-state index is 0. The van der Waals surface area contributed by atoms with Crippen LogP contribution in [0.2, 0.25) is 15.4 Å². The largest absolute Gasteiger partial charge is 1.00 e. The summed E-state index contributed by atoms with van der Waals surface area (Å²) in [6.07, 6.45) is 10.4. The van der Waals surface area contributed by atoms with E-state index in [1.807, 2.05) is 0 Å². The first-order chi connectivity index (χ1) is 9.87. The third-order valence-corrected chi connectivity index (χ3v) is 13.8. The number of halogens is 3. The van der Waals surface area contributed by atoms with Crippen molar-refractivity contribution in [3.8, 4) is 0 Å². The van der Waals surface area contributed by atoms with Crippen molar-refractivity contribution in [1.29, 1.82) is 0 Å². The molecule has 1 aliphatic carbocycles. The van der Waals surface area contributed by atoms with Crippen LogP contribution in [-0.2, 0) is 20.4 Å². The van der Waals surface area contributed by atoms with E-state index in [1.54, 1.807) is 5.19 Å². The Morgan fingerprint density at radius 2 is 1.50 bits per heavy atom. The molecule has 2 aliphatic rings. The number of benzene rings is 1. The van der Waals surface area contributed by atoms with Gasteiger partial charge in [-0.15, -0.1) is 0 Å². The summed E-state index contributed by atoms with van der Waals surface area (Å²) in [6.45, 7) is 7.00. The van der Waals surface area contributed by atoms with Gasteiger partial charge >= 0.3 is 142 Å². The van der Waals surface area contributed by atoms with Crippen LogP contribution in [0.15, 0.2) is 54.1 Å². The van der Waals surface area contributed by atoms with Crippen LogP contribution in [0.25, 0.3) is 0 Å². The second-order valence-corrected chi connectivity index (χ2v) is 14.3. The summed E-state index contributed by atoms with van der Waals surface area (Å²) in [6, 6.07) is 14.3. The van der Waals surface area contributed by atoms with Crippen molar-refractivity contribution in [3.63, 3.8) is 0 Å². The van der Waals surface area contributed by atoms with Crippen LogP contribution in [0.1, 0.15) is 33.6 Å². The van der Waals surface area contributed by atoms with Gasteiger partial charge in [0.25, 0.3) is 0 Å². The number of allylic oxidation sites excluding steroid dienone is 4. The zero-order valence-electron chi connectivity index (χ0n) is 14.6. The van der Waals surface area contributed by atoms with Gasteiger partial charge in [-0.3, -0.25) is 0 Å². The maximum Gasteiger partial charge on any atom is -1.00 e. The summed E-state index contributed by atoms with van der Waals surface area (Å²) in [5.41, 5.74) is 1.79. The summed E-state index contributed by atoms with van der Waals surface area (Å²) in [7, 11) is -1.48. The SMILES string of the molecule is CC(C)(C)C1=C[C]([Ti+3])([Si]2(c3ccccc3)CCCC2)C=C1.[Cl-].[Cl-].[Cl-]. The Bertz CT molecular complexity index is 586. The van der Waals surface area contributed by atoms with Gasteiger partial charge < -0.3 is 37.2 Å². The molecule has 1 atom stereocenters. The van der Waals surface area contributed by atoms with Crippen molar-refractivity contribution in [2.45, 2.75) is 49.0 Å². The predicted molar refractivity (Wildman–Crippen MR) is 90.0 cm³/mol. The Morgan fingerprint density at radius 1 is 0.958 bits per heavy atom. The molecule has 1 heterocycles. The average molecular weight is 436 g/mol. The second kappa shape index (κ2) is 8.93. The van der Waals surface area contributed by atoms with Crippen LogP contribution < -0.4 is 42.4 Å². The Hall–Kier alpha value is 0.501. The monoisotopic (exact) mass is 434 g/mol. The van der Waals surface area contributed by atoms with Crippen molar-refractivity contribution < 1.29 is 57.7 Å². The summed E-state index contributed by atoms with van der Waals surface area (Å²) >= 11 is 2.51. The third kappa shape index (κ3) is 4.25. The van der Waals surface area contributed by atoms with Crippen LogP contribution in [0.4, 0.5) is 0 Å². The standard InChI is InChI=1S/C19H25Si.3ClH.Ti/c1-19(2,3)16-11-12-18(15-16)20(13-7-8-14-20)17-9-5-4-6-10-17;;;;/h4-6,9-12,15H,7-8,13-14H2,1-3H3;3*1H;/q;;;;+3/p-3. The van der Waals surface area contributed by atoms with E-state index in [0.717, 1.165) is 0 Å². The van der Waals surface area contributed by atoms with E-state index in [9.17, 15) is 0 Å². The first-order valence-electron chi connectivity index (χ1n) is 8.11. The molecule has 0 nitrogen and oxygen atoms in total. The molecule has 3 rings (SSSR count). The molecule has 0 amide bonds. The zero-order chi connectivity index (χ0) is 15.1. The van der Waals surface area contributed by atoms with Crippen LogP contribution in [0.3, 0.4) is 0 Å². The summed E-state index contributed by atoms with van der Waals surface area (Å²) in [5.74, 6) is 0. The molecule has 1 aromatic carbocycles. The molecular weight excluding hydrogens is 411 g/mol. The minimum atomic E-state index is -1.48. The Morgan fingerprint density at radius 3 is 1.96 bits per heavy atom. The van der Waals surface area contributed by atoms with Gasteiger partial charge in [0.15, 0.2) is 0 Å². The molecule has 1 aliphatic heterocycles. The van der Waals surface area contributed by atoms with Crippen LogP contribution >= 0.6 is 0 Å². The van der Waals surface area contributed by atoms with Crippen LogP contribution in [0, 0.1) is 5.41 Å². The molecule has 130 valence electrons. The molecule has 0 saturated carbocycles. The maximum atomic E-state index is 2.62. The van der Waals surface area contributed by atoms with Gasteiger partial charge in [0.1, 0.15) is 0 Å². The average Bonchev–Trinajstić information content (AvgIpc) is 3.07. The number of rotatable bonds is 2. The topological polar surface area (TPSA) is 0 Å². The normalized spacial score (nSPS) is 24.5. The molecule has 5 heteroatoms. The molecule has 0 radical (unpaired) electrons. The smallest absolute Gasteiger partial charge is 1.00 e. The molecule has 0 spiro atoms. The van der Waals surface area contributed by atoms with Gasteiger partial charge in [0, 0.05) is 0 Å². The quantitative estimate of drug-likeness (QED) is 0.415. The van der Waals surface area contributed by atoms with E-state index in [0.29, 0.717) is 3.34 Å². The Kier molecular flexibility index (Phi) is 9.12. The zero-order valence-corrected chi connectivity index (χ0v) is 19.4. The van der Waals surface area contributed by atoms with Gasteiger partial charge in [-0.1, -0.05) is 0 Å². The van der Waals surface area contributed by atoms with Crippen LogP contribution in [0.5, 0.6) is 0 Å². The van der Waals surface area contributed by atoms with E-state index in [2.05, 4.69) is 89.8 Å². The van der Waals surface area contributed by atoms with Crippen molar-refractivity contribution >= 4 is 13.3 Å². The summed E-state index contributed by atoms with van der Waals surface area (Å²) in [5, 5.41) is 1.67. The number of hydrogen-bond acceptors (Lipinski definition) is 0. The van der Waals surface area contributed by atoms with Gasteiger partial charge in [-0.25, -0.2) is 0 Å². The molecule has 1 unspecified atom stereocenters. The Labute approximate surface area is 178 Å². The molecule has 0 aromatic heterocycles. The van der Waals surface area contributed by atoms with Crippen molar-refractivity contribution in [2.75, 3.05) is 0 Å². The third-order valence-electron chi connectivity index (χ3n) is 5.35. The Balaban J connectivity index is 0.00000176. The minimum Gasteiger partial charge on any atom is -1.00 e. The van der Waals surface area contributed by atoms with Crippen molar-refractivity contribution in [3.05, 3.63) is 54.1 Å². The fraction of sp³-hybridized carbons (Fsp3) is 0.474. The second-order valence-electron chi connectivity index (χ2n) is 7.71. The van der Waals surface area contributed by atoms with E-state index in [-0.39, 0.29) is 42.6 Å². The first-order valence-corrected chi connectivity index (χ1v) is 11.3. The summed E-state index contributed by atoms with van der Waals surface area (Å²) in [4.78, 5) is 0. The molecule has 1 aromatic rings. The van der Waals surface area contributed by atoms with E-state index >= 15 is 0 Å². The molecule has 1 saturated heterocycles. The summed E-state index contributed by atoms with van der Waals surface area (Å²) < 4.78 is 0.299. The molecule has 24 heavy (non-hydrogen) atoms. The van der Waals surface area contributed by atoms with E-state index in [1.165, 1.54) is 30.5 Å². The predicted octanol–water partition coefficient (Wildman–Crippen LogP) is -4.06. The maximum absolute atomic E-state index is 2.62. The van der Waals surface area contributed by atoms with E-state index < -0.39 is 8.07 Å². The molecular formula is C19H25Cl3SiTi. The van der Waals surface area contributed by atoms with Gasteiger partial charge in [-0.2, -0.15) is 0 Å². The van der Waals surface area contributed by atoms with E-state index in [4.69, 9.17) is 0 Å². The van der Waals surface area contributed by atoms with Crippen molar-refractivity contribution in [2.24, 2.45) is 5.41 Å². The molecule has 1 fully saturated rings. The fourth-order valence-electron chi connectivity index (χ4n) is 4.00. The number of hydrogen-bond donors (Lipinski definition) is 0. The van der Waals surface area contributed by atoms with Gasteiger partial charge in [0.2, 0.25) is 0 Å². The molecule has 0 bridgehead atoms. The van der Waals surface area contributed by atoms with Gasteiger partial charge in [0.05, 0.1) is 0 Å². The fourth-order valence-corrected chi connectivity index (χ4v) is 11.7.